The molecule has 4 nitrogen and oxygen atoms in total. The van der Waals surface area contributed by atoms with Gasteiger partial charge < -0.3 is 4.74 Å². The molecule has 1 aromatic carbocycles. The lowest BCUT2D eigenvalue weighted by molar-refractivity contribution is -0.120. The summed E-state index contributed by atoms with van der Waals surface area (Å²) in [6.45, 7) is 15.9. The topological polar surface area (TPSA) is 46.6 Å². The molecular formula is C24H33NO3. The van der Waals surface area contributed by atoms with Crippen molar-refractivity contribution in [2.24, 2.45) is 0 Å². The van der Waals surface area contributed by atoms with Crippen molar-refractivity contribution in [3.63, 3.8) is 0 Å². The lowest BCUT2D eigenvalue weighted by atomic mass is 9.85. The van der Waals surface area contributed by atoms with Gasteiger partial charge in [0.05, 0.1) is 0 Å². The number of aldehydes is 1. The van der Waals surface area contributed by atoms with Gasteiger partial charge in [0.25, 0.3) is 6.47 Å². The Morgan fingerprint density at radius 1 is 1.18 bits per heavy atom. The van der Waals surface area contributed by atoms with Crippen LogP contribution in [-0.2, 0) is 4.79 Å². The van der Waals surface area contributed by atoms with Crippen molar-refractivity contribution in [3.05, 3.63) is 65.8 Å². The second-order valence-electron chi connectivity index (χ2n) is 7.30. The van der Waals surface area contributed by atoms with Gasteiger partial charge in [-0.2, -0.15) is 0 Å². The summed E-state index contributed by atoms with van der Waals surface area (Å²) in [4.78, 5) is 24.8. The van der Waals surface area contributed by atoms with E-state index >= 15 is 0 Å². The van der Waals surface area contributed by atoms with Crippen LogP contribution < -0.4 is 4.74 Å². The first-order valence-corrected chi connectivity index (χ1v) is 9.80. The molecule has 0 saturated carbocycles. The van der Waals surface area contributed by atoms with Crippen LogP contribution in [0.1, 0.15) is 62.9 Å². The first-order chi connectivity index (χ1) is 13.4. The van der Waals surface area contributed by atoms with Crippen LogP contribution in [0.15, 0.2) is 54.7 Å². The minimum absolute atomic E-state index is 0.0379. The number of nitrogens with zero attached hydrogens (tertiary/aromatic N) is 1. The van der Waals surface area contributed by atoms with Crippen LogP contribution in [0.2, 0.25) is 0 Å². The van der Waals surface area contributed by atoms with Crippen molar-refractivity contribution in [2.45, 2.75) is 59.0 Å². The van der Waals surface area contributed by atoms with Crippen LogP contribution in [0.3, 0.4) is 0 Å². The summed E-state index contributed by atoms with van der Waals surface area (Å²) in [6, 6.07) is 5.99. The van der Waals surface area contributed by atoms with Gasteiger partial charge >= 0.3 is 0 Å². The highest BCUT2D eigenvalue weighted by Crippen LogP contribution is 2.36. The molecule has 0 aliphatic carbocycles. The fourth-order valence-corrected chi connectivity index (χ4v) is 3.58. The smallest absolute Gasteiger partial charge is 0.298 e. The summed E-state index contributed by atoms with van der Waals surface area (Å²) in [5.74, 6) is 0.440. The minimum Gasteiger partial charge on any atom is -0.428 e. The highest BCUT2D eigenvalue weighted by Gasteiger charge is 2.23. The van der Waals surface area contributed by atoms with Crippen molar-refractivity contribution < 1.29 is 14.3 Å². The van der Waals surface area contributed by atoms with E-state index in [-0.39, 0.29) is 5.92 Å². The maximum atomic E-state index is 11.4. The normalized spacial score (nSPS) is 13.4. The van der Waals surface area contributed by atoms with Crippen molar-refractivity contribution in [1.29, 1.82) is 0 Å². The molecule has 0 saturated heterocycles. The highest BCUT2D eigenvalue weighted by molar-refractivity contribution is 5.76. The van der Waals surface area contributed by atoms with Gasteiger partial charge in [0, 0.05) is 29.1 Å². The SMILES string of the molecule is C=C/C=C(\C=C/C)C(CCN(C(C)C)C(C)C)c1cc(C=O)ccc1OC=O. The van der Waals surface area contributed by atoms with Gasteiger partial charge in [-0.05, 0) is 71.4 Å². The van der Waals surface area contributed by atoms with E-state index in [9.17, 15) is 9.59 Å². The number of ether oxygens (including phenoxy) is 1. The molecule has 0 heterocycles. The first kappa shape index (κ1) is 23.6. The molecule has 0 spiro atoms. The van der Waals surface area contributed by atoms with Crippen LogP contribution >= 0.6 is 0 Å². The third-order valence-corrected chi connectivity index (χ3v) is 4.79. The van der Waals surface area contributed by atoms with Crippen LogP contribution in [-0.4, -0.2) is 36.3 Å². The Labute approximate surface area is 169 Å². The Morgan fingerprint density at radius 3 is 2.36 bits per heavy atom. The van der Waals surface area contributed by atoms with E-state index in [1.54, 1.807) is 18.2 Å². The van der Waals surface area contributed by atoms with Crippen molar-refractivity contribution in [1.82, 2.24) is 4.90 Å². The monoisotopic (exact) mass is 383 g/mol. The molecule has 0 aromatic heterocycles. The Bertz CT molecular complexity index is 709. The maximum absolute atomic E-state index is 11.4. The van der Waals surface area contributed by atoms with Crippen LogP contribution in [0.4, 0.5) is 0 Å². The molecule has 28 heavy (non-hydrogen) atoms. The molecule has 152 valence electrons. The van der Waals surface area contributed by atoms with Gasteiger partial charge in [-0.1, -0.05) is 30.9 Å². The van der Waals surface area contributed by atoms with E-state index in [4.69, 9.17) is 4.74 Å². The van der Waals surface area contributed by atoms with Crippen LogP contribution in [0, 0.1) is 0 Å². The molecule has 0 aliphatic rings. The van der Waals surface area contributed by atoms with Gasteiger partial charge in [0.2, 0.25) is 0 Å². The molecule has 1 aromatic rings. The standard InChI is InChI=1S/C24H33NO3/c1-7-9-21(10-8-2)22(13-14-25(18(3)4)19(5)6)23-15-20(16-26)11-12-24(23)28-17-27/h7-12,15-19,22H,1,13-14H2,2-6H3/b10-8-,21-9+. The summed E-state index contributed by atoms with van der Waals surface area (Å²) >= 11 is 0. The van der Waals surface area contributed by atoms with Crippen LogP contribution in [0.25, 0.3) is 0 Å². The van der Waals surface area contributed by atoms with Gasteiger partial charge in [0.1, 0.15) is 12.0 Å². The van der Waals surface area contributed by atoms with E-state index in [0.29, 0.717) is 29.9 Å². The molecule has 1 atom stereocenters. The zero-order valence-electron chi connectivity index (χ0n) is 17.7. The molecule has 0 amide bonds. The second-order valence-corrected chi connectivity index (χ2v) is 7.30. The Morgan fingerprint density at radius 2 is 1.86 bits per heavy atom. The number of rotatable bonds is 12. The van der Waals surface area contributed by atoms with Crippen molar-refractivity contribution in [3.8, 4) is 5.75 Å². The Balaban J connectivity index is 3.46. The third-order valence-electron chi connectivity index (χ3n) is 4.79. The minimum atomic E-state index is -0.0379. The molecule has 0 bridgehead atoms. The Hall–Kier alpha value is -2.46. The number of carbonyl (C=O) groups is 2. The van der Waals surface area contributed by atoms with Crippen LogP contribution in [0.5, 0.6) is 5.75 Å². The van der Waals surface area contributed by atoms with Crippen molar-refractivity contribution >= 4 is 12.8 Å². The summed E-state index contributed by atoms with van der Waals surface area (Å²) in [5, 5.41) is 0. The third kappa shape index (κ3) is 6.61. The molecule has 0 radical (unpaired) electrons. The molecule has 1 rings (SSSR count). The number of carbonyl (C=O) groups excluding carboxylic acids is 2. The predicted molar refractivity (Wildman–Crippen MR) is 116 cm³/mol. The zero-order chi connectivity index (χ0) is 21.1. The molecule has 1 unspecified atom stereocenters. The lowest BCUT2D eigenvalue weighted by Gasteiger charge is -2.32. The fraction of sp³-hybridized carbons (Fsp3) is 0.417. The highest BCUT2D eigenvalue weighted by atomic mass is 16.5. The summed E-state index contributed by atoms with van der Waals surface area (Å²) in [7, 11) is 0. The Kier molecular flexibility index (Phi) is 10.2. The second kappa shape index (κ2) is 12.1. The number of hydrogen-bond acceptors (Lipinski definition) is 4. The summed E-state index contributed by atoms with van der Waals surface area (Å²) in [6.07, 6.45) is 9.38. The van der Waals surface area contributed by atoms with E-state index in [0.717, 1.165) is 30.4 Å². The zero-order valence-corrected chi connectivity index (χ0v) is 17.7. The first-order valence-electron chi connectivity index (χ1n) is 9.80. The largest absolute Gasteiger partial charge is 0.428 e. The van der Waals surface area contributed by atoms with E-state index < -0.39 is 0 Å². The molecular weight excluding hydrogens is 350 g/mol. The average molecular weight is 384 g/mol. The number of hydrogen-bond donors (Lipinski definition) is 0. The molecule has 4 heteroatoms. The number of benzene rings is 1. The summed E-state index contributed by atoms with van der Waals surface area (Å²) < 4.78 is 5.24. The van der Waals surface area contributed by atoms with E-state index in [1.165, 1.54) is 0 Å². The molecule has 0 fully saturated rings. The van der Waals surface area contributed by atoms with Gasteiger partial charge in [0.15, 0.2) is 0 Å². The maximum Gasteiger partial charge on any atom is 0.298 e. The van der Waals surface area contributed by atoms with Crippen molar-refractivity contribution in [2.75, 3.05) is 6.54 Å². The average Bonchev–Trinajstić information content (AvgIpc) is 2.65. The van der Waals surface area contributed by atoms with E-state index in [1.807, 2.05) is 31.2 Å². The summed E-state index contributed by atoms with van der Waals surface area (Å²) in [5.41, 5.74) is 2.44. The van der Waals surface area contributed by atoms with E-state index in [2.05, 4.69) is 39.2 Å². The number of allylic oxidation sites excluding steroid dienone is 5. The molecule has 0 aliphatic heterocycles. The predicted octanol–water partition coefficient (Wildman–Crippen LogP) is 5.32. The lowest BCUT2D eigenvalue weighted by Crippen LogP contribution is -2.38. The fourth-order valence-electron chi connectivity index (χ4n) is 3.58. The van der Waals surface area contributed by atoms with Gasteiger partial charge in [-0.15, -0.1) is 0 Å². The quantitative estimate of drug-likeness (QED) is 0.362. The van der Waals surface area contributed by atoms with Gasteiger partial charge in [-0.25, -0.2) is 0 Å². The van der Waals surface area contributed by atoms with Gasteiger partial charge in [-0.3, -0.25) is 14.5 Å². The molecule has 0 N–H and O–H groups in total.